The highest BCUT2D eigenvalue weighted by Crippen LogP contribution is 2.25. The number of thioether (sulfide) groups is 1. The van der Waals surface area contributed by atoms with E-state index in [0.29, 0.717) is 11.7 Å². The Morgan fingerprint density at radius 1 is 1.30 bits per heavy atom. The minimum absolute atomic E-state index is 0.194. The van der Waals surface area contributed by atoms with Crippen molar-refractivity contribution in [3.8, 4) is 5.75 Å². The van der Waals surface area contributed by atoms with Crippen LogP contribution in [0, 0.1) is 11.7 Å². The van der Waals surface area contributed by atoms with E-state index in [1.54, 1.807) is 12.1 Å². The Hall–Kier alpha value is -0.740. The Morgan fingerprint density at radius 3 is 2.60 bits per heavy atom. The van der Waals surface area contributed by atoms with E-state index in [1.807, 2.05) is 17.8 Å². The van der Waals surface area contributed by atoms with Crippen molar-refractivity contribution in [2.24, 2.45) is 5.92 Å². The van der Waals surface area contributed by atoms with Gasteiger partial charge < -0.3 is 10.1 Å². The summed E-state index contributed by atoms with van der Waals surface area (Å²) in [5.41, 5.74) is 0.994. The third-order valence-corrected chi connectivity index (χ3v) is 4.43. The van der Waals surface area contributed by atoms with E-state index in [4.69, 9.17) is 4.74 Å². The van der Waals surface area contributed by atoms with E-state index in [0.717, 1.165) is 30.0 Å². The van der Waals surface area contributed by atoms with Crippen molar-refractivity contribution < 1.29 is 9.13 Å². The Labute approximate surface area is 126 Å². The molecule has 1 atom stereocenters. The molecular formula is C16H26FNOS. The highest BCUT2D eigenvalue weighted by atomic mass is 32.2. The van der Waals surface area contributed by atoms with Gasteiger partial charge in [0.15, 0.2) is 11.6 Å². The molecule has 0 saturated heterocycles. The average molecular weight is 299 g/mol. The van der Waals surface area contributed by atoms with Gasteiger partial charge in [0.2, 0.25) is 0 Å². The van der Waals surface area contributed by atoms with E-state index in [9.17, 15) is 4.39 Å². The number of hydrogen-bond acceptors (Lipinski definition) is 3. The van der Waals surface area contributed by atoms with Crippen molar-refractivity contribution in [1.29, 1.82) is 0 Å². The van der Waals surface area contributed by atoms with E-state index in [1.165, 1.54) is 7.11 Å². The quantitative estimate of drug-likeness (QED) is 0.736. The van der Waals surface area contributed by atoms with Crippen LogP contribution in [0.1, 0.15) is 38.8 Å². The fourth-order valence-electron chi connectivity index (χ4n) is 1.91. The Kier molecular flexibility index (Phi) is 8.00. The maximum absolute atomic E-state index is 13.8. The molecule has 1 aromatic rings. The van der Waals surface area contributed by atoms with Gasteiger partial charge in [-0.15, -0.1) is 0 Å². The summed E-state index contributed by atoms with van der Waals surface area (Å²) in [5.74, 6) is 2.78. The Morgan fingerprint density at radius 2 is 2.05 bits per heavy atom. The summed E-state index contributed by atoms with van der Waals surface area (Å²) < 4.78 is 18.8. The SMILES string of the molecule is CCCNC(CSCC(C)C)c1ccc(OC)c(F)c1. The molecule has 4 heteroatoms. The summed E-state index contributed by atoms with van der Waals surface area (Å²) in [6, 6.07) is 5.44. The first-order chi connectivity index (χ1) is 9.58. The van der Waals surface area contributed by atoms with Gasteiger partial charge in [-0.05, 0) is 42.3 Å². The van der Waals surface area contributed by atoms with Crippen molar-refractivity contribution in [2.45, 2.75) is 33.2 Å². The predicted octanol–water partition coefficient (Wildman–Crippen LogP) is 4.26. The van der Waals surface area contributed by atoms with Crippen LogP contribution in [-0.4, -0.2) is 25.2 Å². The monoisotopic (exact) mass is 299 g/mol. The third kappa shape index (κ3) is 5.71. The lowest BCUT2D eigenvalue weighted by atomic mass is 10.1. The molecule has 0 fully saturated rings. The Bertz CT molecular complexity index is 398. The van der Waals surface area contributed by atoms with Crippen molar-refractivity contribution in [3.63, 3.8) is 0 Å². The van der Waals surface area contributed by atoms with Gasteiger partial charge >= 0.3 is 0 Å². The fraction of sp³-hybridized carbons (Fsp3) is 0.625. The largest absolute Gasteiger partial charge is 0.494 e. The maximum Gasteiger partial charge on any atom is 0.165 e. The van der Waals surface area contributed by atoms with Crippen LogP contribution < -0.4 is 10.1 Å². The molecule has 0 bridgehead atoms. The average Bonchev–Trinajstić information content (AvgIpc) is 2.42. The van der Waals surface area contributed by atoms with Crippen LogP contribution in [0.25, 0.3) is 0 Å². The molecule has 1 N–H and O–H groups in total. The van der Waals surface area contributed by atoms with Crippen LogP contribution in [0.3, 0.4) is 0 Å². The van der Waals surface area contributed by atoms with Crippen LogP contribution in [0.15, 0.2) is 18.2 Å². The molecule has 1 rings (SSSR count). The number of methoxy groups -OCH3 is 1. The molecule has 1 aromatic carbocycles. The molecule has 0 saturated carbocycles. The second kappa shape index (κ2) is 9.24. The highest BCUT2D eigenvalue weighted by Gasteiger charge is 2.13. The molecule has 20 heavy (non-hydrogen) atoms. The van der Waals surface area contributed by atoms with Gasteiger partial charge in [0.1, 0.15) is 0 Å². The number of nitrogens with one attached hydrogen (secondary N) is 1. The van der Waals surface area contributed by atoms with Gasteiger partial charge in [0, 0.05) is 11.8 Å². The number of hydrogen-bond donors (Lipinski definition) is 1. The second-order valence-corrected chi connectivity index (χ2v) is 6.41. The predicted molar refractivity (Wildman–Crippen MR) is 86.1 cm³/mol. The molecule has 0 aromatic heterocycles. The van der Waals surface area contributed by atoms with Crippen molar-refractivity contribution in [1.82, 2.24) is 5.32 Å². The van der Waals surface area contributed by atoms with Crippen LogP contribution >= 0.6 is 11.8 Å². The standard InChI is InChI=1S/C16H26FNOS/c1-5-8-18-15(11-20-10-12(2)3)13-6-7-16(19-4)14(17)9-13/h6-7,9,12,15,18H,5,8,10-11H2,1-4H3. The maximum atomic E-state index is 13.8. The van der Waals surface area contributed by atoms with Gasteiger partial charge in [0.05, 0.1) is 7.11 Å². The van der Waals surface area contributed by atoms with Crippen molar-refractivity contribution in [2.75, 3.05) is 25.2 Å². The van der Waals surface area contributed by atoms with Gasteiger partial charge in [-0.3, -0.25) is 0 Å². The van der Waals surface area contributed by atoms with Gasteiger partial charge in [-0.2, -0.15) is 11.8 Å². The summed E-state index contributed by atoms with van der Waals surface area (Å²) in [6.07, 6.45) is 1.07. The number of halogens is 1. The molecule has 1 unspecified atom stereocenters. The smallest absolute Gasteiger partial charge is 0.165 e. The zero-order chi connectivity index (χ0) is 15.0. The third-order valence-electron chi connectivity index (χ3n) is 2.95. The zero-order valence-electron chi connectivity index (χ0n) is 12.9. The van der Waals surface area contributed by atoms with Crippen LogP contribution in [0.5, 0.6) is 5.75 Å². The summed E-state index contributed by atoms with van der Waals surface area (Å²) in [7, 11) is 1.49. The van der Waals surface area contributed by atoms with E-state index in [-0.39, 0.29) is 11.9 Å². The molecule has 0 aliphatic carbocycles. The molecule has 0 amide bonds. The molecule has 0 aliphatic heterocycles. The molecule has 114 valence electrons. The topological polar surface area (TPSA) is 21.3 Å². The highest BCUT2D eigenvalue weighted by molar-refractivity contribution is 7.99. The minimum atomic E-state index is -0.290. The lowest BCUT2D eigenvalue weighted by Crippen LogP contribution is -2.24. The van der Waals surface area contributed by atoms with Crippen LogP contribution in [0.4, 0.5) is 4.39 Å². The molecule has 2 nitrogen and oxygen atoms in total. The molecule has 0 heterocycles. The van der Waals surface area contributed by atoms with Gasteiger partial charge in [-0.25, -0.2) is 4.39 Å². The molecular weight excluding hydrogens is 273 g/mol. The summed E-state index contributed by atoms with van der Waals surface area (Å²) in [6.45, 7) is 7.52. The van der Waals surface area contributed by atoms with E-state index >= 15 is 0 Å². The zero-order valence-corrected chi connectivity index (χ0v) is 13.7. The lowest BCUT2D eigenvalue weighted by Gasteiger charge is -2.20. The van der Waals surface area contributed by atoms with Gasteiger partial charge in [0.25, 0.3) is 0 Å². The summed E-state index contributed by atoms with van der Waals surface area (Å²) in [4.78, 5) is 0. The molecule has 0 radical (unpaired) electrons. The first-order valence-corrected chi connectivity index (χ1v) is 8.38. The summed E-state index contributed by atoms with van der Waals surface area (Å²) >= 11 is 1.91. The molecule has 0 aliphatic rings. The van der Waals surface area contributed by atoms with E-state index in [2.05, 4.69) is 26.1 Å². The Balaban J connectivity index is 2.72. The van der Waals surface area contributed by atoms with Gasteiger partial charge in [-0.1, -0.05) is 26.8 Å². The minimum Gasteiger partial charge on any atom is -0.494 e. The van der Waals surface area contributed by atoms with E-state index < -0.39 is 0 Å². The first-order valence-electron chi connectivity index (χ1n) is 7.23. The fourth-order valence-corrected chi connectivity index (χ4v) is 3.07. The number of benzene rings is 1. The van der Waals surface area contributed by atoms with Crippen molar-refractivity contribution in [3.05, 3.63) is 29.6 Å². The van der Waals surface area contributed by atoms with Crippen LogP contribution in [0.2, 0.25) is 0 Å². The summed E-state index contributed by atoms with van der Waals surface area (Å²) in [5, 5.41) is 3.50. The normalized spacial score (nSPS) is 12.7. The van der Waals surface area contributed by atoms with Crippen LogP contribution in [-0.2, 0) is 0 Å². The van der Waals surface area contributed by atoms with Crippen molar-refractivity contribution >= 4 is 11.8 Å². The second-order valence-electron chi connectivity index (χ2n) is 5.33. The first kappa shape index (κ1) is 17.3. The lowest BCUT2D eigenvalue weighted by molar-refractivity contribution is 0.385. The molecule has 0 spiro atoms. The number of rotatable bonds is 9. The number of ether oxygens (including phenoxy) is 1.